The first-order valence-corrected chi connectivity index (χ1v) is 12.8. The van der Waals surface area contributed by atoms with Crippen LogP contribution in [-0.4, -0.2) is 31.3 Å². The molecule has 0 radical (unpaired) electrons. The normalized spacial score (nSPS) is 11.2. The zero-order valence-electron chi connectivity index (χ0n) is 21.3. The molecular weight excluding hydrogens is 500 g/mol. The average Bonchev–Trinajstić information content (AvgIpc) is 2.94. The number of nitrogens with one attached hydrogen (secondary N) is 2. The van der Waals surface area contributed by atoms with E-state index >= 15 is 0 Å². The molecule has 4 rings (SSSR count). The molecule has 7 nitrogen and oxygen atoms in total. The Morgan fingerprint density at radius 1 is 0.711 bits per heavy atom. The van der Waals surface area contributed by atoms with Crippen molar-refractivity contribution in [1.82, 2.24) is 0 Å². The summed E-state index contributed by atoms with van der Waals surface area (Å²) in [6.45, 7) is 1.83. The predicted octanol–water partition coefficient (Wildman–Crippen LogP) is 6.87. The number of hydrogen-bond acceptors (Lipinski definition) is 6. The molecule has 0 aliphatic rings. The molecule has 2 amide bonds. The van der Waals surface area contributed by atoms with Crippen LogP contribution in [0.2, 0.25) is 0 Å². The Morgan fingerprint density at radius 3 is 2.00 bits per heavy atom. The van der Waals surface area contributed by atoms with Crippen LogP contribution in [0, 0.1) is 0 Å². The van der Waals surface area contributed by atoms with Crippen molar-refractivity contribution in [3.05, 3.63) is 103 Å². The number of thioether (sulfide) groups is 1. The number of rotatable bonds is 10. The number of carbonyl (C=O) groups is 2. The predicted molar refractivity (Wildman–Crippen MR) is 151 cm³/mol. The van der Waals surface area contributed by atoms with Gasteiger partial charge in [0, 0.05) is 16.3 Å². The topological polar surface area (TPSA) is 85.9 Å². The Morgan fingerprint density at radius 2 is 1.34 bits per heavy atom. The van der Waals surface area contributed by atoms with E-state index in [-0.39, 0.29) is 17.1 Å². The largest absolute Gasteiger partial charge is 0.496 e. The lowest BCUT2D eigenvalue weighted by molar-refractivity contribution is -0.115. The smallest absolute Gasteiger partial charge is 0.263 e. The molecule has 4 aromatic carbocycles. The Hall–Kier alpha value is -4.43. The molecular formula is C30H28N2O5S. The number of methoxy groups -OCH3 is 2. The van der Waals surface area contributed by atoms with Crippen LogP contribution >= 0.6 is 11.8 Å². The van der Waals surface area contributed by atoms with Crippen LogP contribution in [0.1, 0.15) is 17.3 Å². The first kappa shape index (κ1) is 26.6. The molecule has 0 spiro atoms. The lowest BCUT2D eigenvalue weighted by Crippen LogP contribution is -2.22. The standard InChI is InChI=1S/C30H28N2O5S/c1-20(29(33)31-21-15-17-24(18-16-21)37-23-10-5-4-6-11-23)38-25-12-7-9-22(19-25)32-30(34)28-26(35-2)13-8-14-27(28)36-3/h4-20H,1-3H3,(H,31,33)(H,32,34). The molecule has 0 saturated carbocycles. The fourth-order valence-corrected chi connectivity index (χ4v) is 4.57. The van der Waals surface area contributed by atoms with Gasteiger partial charge in [-0.2, -0.15) is 0 Å². The highest BCUT2D eigenvalue weighted by atomic mass is 32.2. The second-order valence-electron chi connectivity index (χ2n) is 8.21. The van der Waals surface area contributed by atoms with Crippen LogP contribution in [0.25, 0.3) is 0 Å². The molecule has 0 aliphatic heterocycles. The maximum atomic E-state index is 13.0. The highest BCUT2D eigenvalue weighted by Crippen LogP contribution is 2.31. The number of hydrogen-bond donors (Lipinski definition) is 2. The Kier molecular flexibility index (Phi) is 8.89. The van der Waals surface area contributed by atoms with E-state index in [0.29, 0.717) is 34.2 Å². The number of para-hydroxylation sites is 1. The monoisotopic (exact) mass is 528 g/mol. The van der Waals surface area contributed by atoms with E-state index in [0.717, 1.165) is 10.6 Å². The van der Waals surface area contributed by atoms with Crippen molar-refractivity contribution in [2.45, 2.75) is 17.1 Å². The third-order valence-corrected chi connectivity index (χ3v) is 6.62. The molecule has 2 N–H and O–H groups in total. The third-order valence-electron chi connectivity index (χ3n) is 5.53. The summed E-state index contributed by atoms with van der Waals surface area (Å²) < 4.78 is 16.5. The molecule has 194 valence electrons. The second-order valence-corrected chi connectivity index (χ2v) is 9.62. The molecule has 1 atom stereocenters. The van der Waals surface area contributed by atoms with Gasteiger partial charge in [-0.3, -0.25) is 9.59 Å². The summed E-state index contributed by atoms with van der Waals surface area (Å²) >= 11 is 1.39. The lowest BCUT2D eigenvalue weighted by Gasteiger charge is -2.15. The van der Waals surface area contributed by atoms with Gasteiger partial charge in [0.1, 0.15) is 28.6 Å². The first-order chi connectivity index (χ1) is 18.5. The van der Waals surface area contributed by atoms with Crippen LogP contribution in [-0.2, 0) is 4.79 Å². The lowest BCUT2D eigenvalue weighted by atomic mass is 10.1. The van der Waals surface area contributed by atoms with Gasteiger partial charge in [0.15, 0.2) is 0 Å². The van der Waals surface area contributed by atoms with E-state index in [1.807, 2.05) is 67.6 Å². The van der Waals surface area contributed by atoms with Gasteiger partial charge in [0.25, 0.3) is 5.91 Å². The van der Waals surface area contributed by atoms with Crippen LogP contribution in [0.5, 0.6) is 23.0 Å². The summed E-state index contributed by atoms with van der Waals surface area (Å²) in [7, 11) is 3.00. The fraction of sp³-hybridized carbons (Fsp3) is 0.133. The van der Waals surface area contributed by atoms with Crippen LogP contribution in [0.4, 0.5) is 11.4 Å². The number of anilines is 2. The van der Waals surface area contributed by atoms with E-state index in [1.165, 1.54) is 26.0 Å². The van der Waals surface area contributed by atoms with E-state index < -0.39 is 0 Å². The van der Waals surface area contributed by atoms with Gasteiger partial charge in [-0.05, 0) is 73.7 Å². The van der Waals surface area contributed by atoms with Crippen molar-refractivity contribution < 1.29 is 23.8 Å². The molecule has 8 heteroatoms. The summed E-state index contributed by atoms with van der Waals surface area (Å²) in [6, 6.07) is 29.2. The maximum absolute atomic E-state index is 13.0. The zero-order valence-corrected chi connectivity index (χ0v) is 22.1. The van der Waals surface area contributed by atoms with Crippen molar-refractivity contribution in [3.63, 3.8) is 0 Å². The minimum absolute atomic E-state index is 0.139. The summed E-state index contributed by atoms with van der Waals surface area (Å²) in [5.41, 5.74) is 1.58. The quantitative estimate of drug-likeness (QED) is 0.219. The fourth-order valence-electron chi connectivity index (χ4n) is 3.65. The summed E-state index contributed by atoms with van der Waals surface area (Å²) in [6.07, 6.45) is 0. The van der Waals surface area contributed by atoms with E-state index in [9.17, 15) is 9.59 Å². The van der Waals surface area contributed by atoms with Gasteiger partial charge in [-0.25, -0.2) is 0 Å². The van der Waals surface area contributed by atoms with Gasteiger partial charge in [0.2, 0.25) is 5.91 Å². The van der Waals surface area contributed by atoms with Crippen LogP contribution in [0.3, 0.4) is 0 Å². The highest BCUT2D eigenvalue weighted by molar-refractivity contribution is 8.00. The Bertz CT molecular complexity index is 1370. The van der Waals surface area contributed by atoms with Crippen molar-refractivity contribution in [1.29, 1.82) is 0 Å². The van der Waals surface area contributed by atoms with Crippen molar-refractivity contribution >= 4 is 35.0 Å². The highest BCUT2D eigenvalue weighted by Gasteiger charge is 2.19. The molecule has 1 unspecified atom stereocenters. The van der Waals surface area contributed by atoms with Gasteiger partial charge < -0.3 is 24.8 Å². The number of ether oxygens (including phenoxy) is 3. The average molecular weight is 529 g/mol. The molecule has 38 heavy (non-hydrogen) atoms. The van der Waals surface area contributed by atoms with Gasteiger partial charge in [0.05, 0.1) is 19.5 Å². The van der Waals surface area contributed by atoms with Crippen LogP contribution < -0.4 is 24.8 Å². The van der Waals surface area contributed by atoms with Crippen molar-refractivity contribution in [3.8, 4) is 23.0 Å². The van der Waals surface area contributed by atoms with E-state index in [4.69, 9.17) is 14.2 Å². The maximum Gasteiger partial charge on any atom is 0.263 e. The third kappa shape index (κ3) is 6.86. The van der Waals surface area contributed by atoms with Gasteiger partial charge >= 0.3 is 0 Å². The number of carbonyl (C=O) groups excluding carboxylic acids is 2. The van der Waals surface area contributed by atoms with E-state index in [2.05, 4.69) is 10.6 Å². The molecule has 0 saturated heterocycles. The molecule has 0 aliphatic carbocycles. The van der Waals surface area contributed by atoms with Crippen molar-refractivity contribution in [2.24, 2.45) is 0 Å². The zero-order chi connectivity index (χ0) is 26.9. The van der Waals surface area contributed by atoms with Crippen molar-refractivity contribution in [2.75, 3.05) is 24.9 Å². The van der Waals surface area contributed by atoms with E-state index in [1.54, 1.807) is 36.4 Å². The molecule has 0 bridgehead atoms. The number of amides is 2. The molecule has 0 aromatic heterocycles. The summed E-state index contributed by atoms with van der Waals surface area (Å²) in [4.78, 5) is 26.7. The summed E-state index contributed by atoms with van der Waals surface area (Å²) in [5.74, 6) is 1.76. The summed E-state index contributed by atoms with van der Waals surface area (Å²) in [5, 5.41) is 5.44. The second kappa shape index (κ2) is 12.7. The minimum atomic E-state index is -0.379. The molecule has 4 aromatic rings. The number of benzene rings is 4. The van der Waals surface area contributed by atoms with Crippen LogP contribution in [0.15, 0.2) is 102 Å². The minimum Gasteiger partial charge on any atom is -0.496 e. The van der Waals surface area contributed by atoms with Gasteiger partial charge in [-0.15, -0.1) is 11.8 Å². The van der Waals surface area contributed by atoms with Gasteiger partial charge in [-0.1, -0.05) is 30.3 Å². The SMILES string of the molecule is COc1cccc(OC)c1C(=O)Nc1cccc(SC(C)C(=O)Nc2ccc(Oc3ccccc3)cc2)c1. The first-order valence-electron chi connectivity index (χ1n) is 11.9. The Balaban J connectivity index is 1.36. The molecule has 0 fully saturated rings. The molecule has 0 heterocycles. The Labute approximate surface area is 226 Å².